The van der Waals surface area contributed by atoms with Crippen molar-refractivity contribution in [3.63, 3.8) is 0 Å². The van der Waals surface area contributed by atoms with E-state index in [9.17, 15) is 0 Å². The van der Waals surface area contributed by atoms with Gasteiger partial charge < -0.3 is 25.7 Å². The summed E-state index contributed by atoms with van der Waals surface area (Å²) in [5.41, 5.74) is 6.26. The topological polar surface area (TPSA) is 89.1 Å². The smallest absolute Gasteiger partial charge is 0.142 e. The predicted molar refractivity (Wildman–Crippen MR) is 70.7 cm³/mol. The largest absolute Gasteiger partial charge is 0.497 e. The van der Waals surface area contributed by atoms with E-state index in [1.54, 1.807) is 14.2 Å². The first-order valence-electron chi connectivity index (χ1n) is 5.55. The highest BCUT2D eigenvalue weighted by atomic mass is 16.5. The van der Waals surface area contributed by atoms with Crippen molar-refractivity contribution in [1.82, 2.24) is 0 Å². The lowest BCUT2D eigenvalue weighted by Gasteiger charge is -2.17. The van der Waals surface area contributed by atoms with Crippen LogP contribution in [0.15, 0.2) is 23.4 Å². The number of benzene rings is 1. The Kier molecular flexibility index (Phi) is 5.10. The van der Waals surface area contributed by atoms with Gasteiger partial charge in [0.2, 0.25) is 0 Å². The molecule has 100 valence electrons. The number of nitrogens with two attached hydrogens (primary N) is 1. The van der Waals surface area contributed by atoms with E-state index in [1.165, 1.54) is 0 Å². The van der Waals surface area contributed by atoms with Crippen LogP contribution < -0.4 is 20.5 Å². The average molecular weight is 253 g/mol. The van der Waals surface area contributed by atoms with Crippen molar-refractivity contribution >= 4 is 11.5 Å². The molecule has 0 aliphatic heterocycles. The second-order valence-corrected chi connectivity index (χ2v) is 3.91. The lowest BCUT2D eigenvalue weighted by atomic mass is 10.2. The number of hydrogen-bond acceptors (Lipinski definition) is 5. The summed E-state index contributed by atoms with van der Waals surface area (Å²) in [7, 11) is 3.20. The first-order valence-corrected chi connectivity index (χ1v) is 5.55. The molecule has 6 nitrogen and oxygen atoms in total. The van der Waals surface area contributed by atoms with Crippen LogP contribution in [-0.4, -0.2) is 31.3 Å². The Morgan fingerprint density at radius 2 is 2.17 bits per heavy atom. The fourth-order valence-electron chi connectivity index (χ4n) is 1.60. The maximum Gasteiger partial charge on any atom is 0.142 e. The van der Waals surface area contributed by atoms with Gasteiger partial charge in [-0.05, 0) is 19.1 Å². The molecule has 0 bridgehead atoms. The molecule has 18 heavy (non-hydrogen) atoms. The molecule has 0 heterocycles. The van der Waals surface area contributed by atoms with Crippen LogP contribution in [0, 0.1) is 0 Å². The average Bonchev–Trinajstić information content (AvgIpc) is 2.38. The summed E-state index contributed by atoms with van der Waals surface area (Å²) in [6.07, 6.45) is 0.427. The van der Waals surface area contributed by atoms with E-state index < -0.39 is 0 Å². The zero-order valence-electron chi connectivity index (χ0n) is 10.8. The van der Waals surface area contributed by atoms with Crippen LogP contribution in [0.2, 0.25) is 0 Å². The van der Waals surface area contributed by atoms with Gasteiger partial charge in [0.05, 0.1) is 19.9 Å². The van der Waals surface area contributed by atoms with E-state index in [-0.39, 0.29) is 11.9 Å². The summed E-state index contributed by atoms with van der Waals surface area (Å²) < 4.78 is 10.4. The first kappa shape index (κ1) is 14.0. The lowest BCUT2D eigenvalue weighted by molar-refractivity contribution is 0.316. The molecule has 0 amide bonds. The molecule has 0 radical (unpaired) electrons. The van der Waals surface area contributed by atoms with Gasteiger partial charge in [0.25, 0.3) is 0 Å². The van der Waals surface area contributed by atoms with Crippen LogP contribution in [-0.2, 0) is 0 Å². The molecule has 4 N–H and O–H groups in total. The van der Waals surface area contributed by atoms with Crippen LogP contribution in [0.1, 0.15) is 13.3 Å². The number of nitrogens with zero attached hydrogens (tertiary/aromatic N) is 1. The fraction of sp³-hybridized carbons (Fsp3) is 0.417. The van der Waals surface area contributed by atoms with Crippen molar-refractivity contribution in [2.75, 3.05) is 19.5 Å². The quantitative estimate of drug-likeness (QED) is 0.310. The minimum atomic E-state index is 0.00176. The number of amidine groups is 1. The van der Waals surface area contributed by atoms with Gasteiger partial charge in [-0.15, -0.1) is 0 Å². The maximum atomic E-state index is 8.52. The van der Waals surface area contributed by atoms with Gasteiger partial charge in [0.1, 0.15) is 17.3 Å². The van der Waals surface area contributed by atoms with E-state index in [0.29, 0.717) is 12.2 Å². The third-order valence-corrected chi connectivity index (χ3v) is 2.45. The van der Waals surface area contributed by atoms with Gasteiger partial charge >= 0.3 is 0 Å². The number of anilines is 1. The van der Waals surface area contributed by atoms with Crippen molar-refractivity contribution in [2.24, 2.45) is 10.9 Å². The van der Waals surface area contributed by atoms with Crippen LogP contribution in [0.4, 0.5) is 5.69 Å². The molecular weight excluding hydrogens is 234 g/mol. The SMILES string of the molecule is COc1ccc(OC)c(NC(C)CC(N)=NO)c1. The molecule has 0 saturated carbocycles. The van der Waals surface area contributed by atoms with E-state index >= 15 is 0 Å². The van der Waals surface area contributed by atoms with Gasteiger partial charge in [-0.25, -0.2) is 0 Å². The molecule has 1 atom stereocenters. The van der Waals surface area contributed by atoms with Crippen LogP contribution in [0.3, 0.4) is 0 Å². The maximum absolute atomic E-state index is 8.52. The Morgan fingerprint density at radius 1 is 1.44 bits per heavy atom. The number of hydrogen-bond donors (Lipinski definition) is 3. The Balaban J connectivity index is 2.81. The summed E-state index contributed by atoms with van der Waals surface area (Å²) in [6, 6.07) is 5.47. The monoisotopic (exact) mass is 253 g/mol. The molecule has 1 rings (SSSR count). The van der Waals surface area contributed by atoms with Gasteiger partial charge in [-0.3, -0.25) is 0 Å². The van der Waals surface area contributed by atoms with Crippen molar-refractivity contribution in [3.8, 4) is 11.5 Å². The van der Waals surface area contributed by atoms with Crippen LogP contribution >= 0.6 is 0 Å². The molecule has 0 aliphatic rings. The second-order valence-electron chi connectivity index (χ2n) is 3.91. The highest BCUT2D eigenvalue weighted by Crippen LogP contribution is 2.29. The summed E-state index contributed by atoms with van der Waals surface area (Å²) in [5.74, 6) is 1.62. The Bertz CT molecular complexity index is 421. The zero-order chi connectivity index (χ0) is 13.5. The van der Waals surface area contributed by atoms with Crippen LogP contribution in [0.25, 0.3) is 0 Å². The Labute approximate surface area is 106 Å². The van der Waals surface area contributed by atoms with E-state index in [1.807, 2.05) is 25.1 Å². The van der Waals surface area contributed by atoms with E-state index in [0.717, 1.165) is 11.4 Å². The molecular formula is C12H19N3O3. The van der Waals surface area contributed by atoms with Gasteiger partial charge in [0, 0.05) is 18.5 Å². The van der Waals surface area contributed by atoms with Crippen molar-refractivity contribution in [1.29, 1.82) is 0 Å². The third kappa shape index (κ3) is 3.73. The molecule has 0 aromatic heterocycles. The molecule has 1 aromatic carbocycles. The summed E-state index contributed by atoms with van der Waals surface area (Å²) in [5, 5.41) is 14.7. The zero-order valence-corrected chi connectivity index (χ0v) is 10.8. The minimum absolute atomic E-state index is 0.00176. The number of ether oxygens (including phenoxy) is 2. The number of rotatable bonds is 6. The highest BCUT2D eigenvalue weighted by molar-refractivity contribution is 5.80. The van der Waals surface area contributed by atoms with Crippen LogP contribution in [0.5, 0.6) is 11.5 Å². The Hall–Kier alpha value is -2.11. The molecule has 0 saturated heterocycles. The number of methoxy groups -OCH3 is 2. The standard InChI is InChI=1S/C12H19N3O3/c1-8(6-12(13)15-16)14-10-7-9(17-2)4-5-11(10)18-3/h4-5,7-8,14,16H,6H2,1-3H3,(H2,13,15). The molecule has 0 spiro atoms. The predicted octanol–water partition coefficient (Wildman–Crippen LogP) is 1.64. The van der Waals surface area contributed by atoms with Crippen molar-refractivity contribution in [2.45, 2.75) is 19.4 Å². The summed E-state index contributed by atoms with van der Waals surface area (Å²) >= 11 is 0. The summed E-state index contributed by atoms with van der Waals surface area (Å²) in [6.45, 7) is 1.93. The van der Waals surface area contributed by atoms with E-state index in [4.69, 9.17) is 20.4 Å². The molecule has 0 fully saturated rings. The molecule has 0 aliphatic carbocycles. The van der Waals surface area contributed by atoms with Crippen molar-refractivity contribution < 1.29 is 14.7 Å². The van der Waals surface area contributed by atoms with Crippen molar-refractivity contribution in [3.05, 3.63) is 18.2 Å². The minimum Gasteiger partial charge on any atom is -0.497 e. The second kappa shape index (κ2) is 6.58. The Morgan fingerprint density at radius 3 is 2.72 bits per heavy atom. The molecule has 1 unspecified atom stereocenters. The first-order chi connectivity index (χ1) is 8.60. The van der Waals surface area contributed by atoms with Gasteiger partial charge in [0.15, 0.2) is 0 Å². The number of oxime groups is 1. The molecule has 6 heteroatoms. The normalized spacial score (nSPS) is 12.9. The summed E-state index contributed by atoms with van der Waals surface area (Å²) in [4.78, 5) is 0. The lowest BCUT2D eigenvalue weighted by Crippen LogP contribution is -2.24. The van der Waals surface area contributed by atoms with Gasteiger partial charge in [-0.1, -0.05) is 5.16 Å². The third-order valence-electron chi connectivity index (χ3n) is 2.45. The van der Waals surface area contributed by atoms with E-state index in [2.05, 4.69) is 10.5 Å². The highest BCUT2D eigenvalue weighted by Gasteiger charge is 2.10. The fourth-order valence-corrected chi connectivity index (χ4v) is 1.60. The number of nitrogens with one attached hydrogen (secondary N) is 1. The van der Waals surface area contributed by atoms with Gasteiger partial charge in [-0.2, -0.15) is 0 Å². The molecule has 1 aromatic rings.